The molecule has 1 aromatic rings. The zero-order valence-electron chi connectivity index (χ0n) is 11.9. The first-order valence-electron chi connectivity index (χ1n) is 6.90. The van der Waals surface area contributed by atoms with E-state index in [9.17, 15) is 14.9 Å². The number of amides is 1. The summed E-state index contributed by atoms with van der Waals surface area (Å²) in [6.07, 6.45) is 6.44. The highest BCUT2D eigenvalue weighted by atomic mass is 32.2. The molecule has 0 aliphatic heterocycles. The molecule has 1 aliphatic rings. The molecule has 7 heteroatoms. The second-order valence-corrected chi connectivity index (χ2v) is 6.25. The molecule has 1 saturated carbocycles. The normalized spacial score (nSPS) is 21.8. The van der Waals surface area contributed by atoms with Crippen molar-refractivity contribution in [1.82, 2.24) is 5.32 Å². The Balaban J connectivity index is 2.09. The monoisotopic (exact) mass is 309 g/mol. The molecule has 0 aromatic heterocycles. The maximum atomic E-state index is 12.3. The molecular weight excluding hydrogens is 290 g/mol. The fourth-order valence-electron chi connectivity index (χ4n) is 2.66. The lowest BCUT2D eigenvalue weighted by molar-refractivity contribution is -0.383. The first-order valence-corrected chi connectivity index (χ1v) is 8.19. The minimum Gasteiger partial charge on any atom is -0.393 e. The molecule has 3 N–H and O–H groups in total. The van der Waals surface area contributed by atoms with Crippen molar-refractivity contribution in [2.45, 2.75) is 37.0 Å². The lowest BCUT2D eigenvalue weighted by Crippen LogP contribution is -2.43. The number of thioether (sulfide) groups is 1. The van der Waals surface area contributed by atoms with Gasteiger partial charge in [0.05, 0.1) is 4.92 Å². The molecule has 0 saturated heterocycles. The van der Waals surface area contributed by atoms with E-state index >= 15 is 0 Å². The maximum Gasteiger partial charge on any atom is 0.292 e. The Morgan fingerprint density at radius 1 is 1.43 bits per heavy atom. The molecule has 0 heterocycles. The molecule has 2 rings (SSSR count). The number of carbonyl (C=O) groups excluding carboxylic acids is 1. The van der Waals surface area contributed by atoms with Crippen molar-refractivity contribution in [3.8, 4) is 0 Å². The fraction of sp³-hybridized carbons (Fsp3) is 0.500. The summed E-state index contributed by atoms with van der Waals surface area (Å²) in [5.41, 5.74) is 5.82. The summed E-state index contributed by atoms with van der Waals surface area (Å²) in [5, 5.41) is 14.2. The number of anilines is 1. The average Bonchev–Trinajstić information content (AvgIpc) is 2.47. The van der Waals surface area contributed by atoms with Crippen LogP contribution in [0.3, 0.4) is 0 Å². The van der Waals surface area contributed by atoms with Crippen molar-refractivity contribution in [2.75, 3.05) is 12.0 Å². The van der Waals surface area contributed by atoms with E-state index in [4.69, 9.17) is 5.73 Å². The van der Waals surface area contributed by atoms with Crippen molar-refractivity contribution in [3.63, 3.8) is 0 Å². The fourth-order valence-corrected chi connectivity index (χ4v) is 3.59. The summed E-state index contributed by atoms with van der Waals surface area (Å²) in [4.78, 5) is 22.4. The van der Waals surface area contributed by atoms with Gasteiger partial charge >= 0.3 is 0 Å². The predicted octanol–water partition coefficient (Wildman–Crippen LogP) is 2.58. The number of nitrogen functional groups attached to an aromatic ring is 1. The number of rotatable bonds is 4. The highest BCUT2D eigenvalue weighted by Crippen LogP contribution is 2.28. The van der Waals surface area contributed by atoms with E-state index in [2.05, 4.69) is 11.6 Å². The Kier molecular flexibility index (Phi) is 5.06. The second kappa shape index (κ2) is 6.80. The quantitative estimate of drug-likeness (QED) is 0.506. The van der Waals surface area contributed by atoms with E-state index in [1.165, 1.54) is 24.6 Å². The molecule has 0 radical (unpaired) electrons. The molecule has 0 spiro atoms. The van der Waals surface area contributed by atoms with Crippen LogP contribution in [0.1, 0.15) is 36.0 Å². The van der Waals surface area contributed by atoms with Crippen LogP contribution >= 0.6 is 11.8 Å². The lowest BCUT2D eigenvalue weighted by Gasteiger charge is -2.30. The number of nitrogens with zero attached hydrogens (tertiary/aromatic N) is 1. The van der Waals surface area contributed by atoms with Gasteiger partial charge in [-0.3, -0.25) is 14.9 Å². The molecule has 1 aromatic carbocycles. The van der Waals surface area contributed by atoms with Crippen molar-refractivity contribution in [1.29, 1.82) is 0 Å². The van der Waals surface area contributed by atoms with E-state index in [1.807, 2.05) is 0 Å². The smallest absolute Gasteiger partial charge is 0.292 e. The van der Waals surface area contributed by atoms with Gasteiger partial charge in [0.2, 0.25) is 0 Å². The van der Waals surface area contributed by atoms with Gasteiger partial charge in [-0.15, -0.1) is 0 Å². The van der Waals surface area contributed by atoms with Gasteiger partial charge in [0, 0.05) is 22.9 Å². The molecule has 6 nitrogen and oxygen atoms in total. The number of nitro groups is 1. The molecule has 1 fully saturated rings. The minimum atomic E-state index is -0.554. The van der Waals surface area contributed by atoms with Gasteiger partial charge in [0.15, 0.2) is 0 Å². The summed E-state index contributed by atoms with van der Waals surface area (Å²) in [6.45, 7) is 0. The topological polar surface area (TPSA) is 98.3 Å². The SMILES string of the molecule is CSC1CCCCC1NC(=O)c1ccc([N+](=O)[O-])c(N)c1. The van der Waals surface area contributed by atoms with Crippen molar-refractivity contribution < 1.29 is 9.72 Å². The Morgan fingerprint density at radius 2 is 2.14 bits per heavy atom. The van der Waals surface area contributed by atoms with Gasteiger partial charge in [-0.2, -0.15) is 11.8 Å². The summed E-state index contributed by atoms with van der Waals surface area (Å²) < 4.78 is 0. The third-order valence-electron chi connectivity index (χ3n) is 3.81. The van der Waals surface area contributed by atoms with E-state index in [0.717, 1.165) is 19.3 Å². The second-order valence-electron chi connectivity index (χ2n) is 5.17. The zero-order chi connectivity index (χ0) is 15.4. The molecule has 1 aliphatic carbocycles. The maximum absolute atomic E-state index is 12.3. The summed E-state index contributed by atoms with van der Waals surface area (Å²) in [6, 6.07) is 4.24. The predicted molar refractivity (Wildman–Crippen MR) is 84.5 cm³/mol. The largest absolute Gasteiger partial charge is 0.393 e. The van der Waals surface area contributed by atoms with Gasteiger partial charge in [-0.05, 0) is 31.2 Å². The Labute approximate surface area is 127 Å². The molecule has 2 unspecified atom stereocenters. The third kappa shape index (κ3) is 3.66. The van der Waals surface area contributed by atoms with Crippen molar-refractivity contribution in [3.05, 3.63) is 33.9 Å². The lowest BCUT2D eigenvalue weighted by atomic mass is 9.94. The molecule has 1 amide bonds. The number of benzene rings is 1. The van der Waals surface area contributed by atoms with E-state index < -0.39 is 4.92 Å². The zero-order valence-corrected chi connectivity index (χ0v) is 12.7. The Hall–Kier alpha value is -1.76. The van der Waals surface area contributed by atoms with Crippen LogP contribution in [0.2, 0.25) is 0 Å². The number of nitrogens with two attached hydrogens (primary N) is 1. The van der Waals surface area contributed by atoms with E-state index in [-0.39, 0.29) is 23.3 Å². The first-order chi connectivity index (χ1) is 10.0. The minimum absolute atomic E-state index is 0.0118. The van der Waals surface area contributed by atoms with Crippen LogP contribution in [0, 0.1) is 10.1 Å². The number of hydrogen-bond acceptors (Lipinski definition) is 5. The first kappa shape index (κ1) is 15.6. The Bertz CT molecular complexity index is 550. The standard InChI is InChI=1S/C14H19N3O3S/c1-21-13-5-3-2-4-11(13)16-14(18)9-6-7-12(17(19)20)10(15)8-9/h6-8,11,13H,2-5,15H2,1H3,(H,16,18). The third-order valence-corrected chi connectivity index (χ3v) is 4.98. The number of hydrogen-bond donors (Lipinski definition) is 2. The molecular formula is C14H19N3O3S. The van der Waals surface area contributed by atoms with E-state index in [0.29, 0.717) is 10.8 Å². The number of nitro benzene ring substituents is 1. The van der Waals surface area contributed by atoms with Gasteiger partial charge in [-0.25, -0.2) is 0 Å². The van der Waals surface area contributed by atoms with Gasteiger partial charge < -0.3 is 11.1 Å². The van der Waals surface area contributed by atoms with Crippen molar-refractivity contribution >= 4 is 29.0 Å². The summed E-state index contributed by atoms with van der Waals surface area (Å²) in [5.74, 6) is -0.220. The Morgan fingerprint density at radius 3 is 2.76 bits per heavy atom. The molecule has 21 heavy (non-hydrogen) atoms. The van der Waals surface area contributed by atoms with Gasteiger partial charge in [-0.1, -0.05) is 12.8 Å². The van der Waals surface area contributed by atoms with Crippen LogP contribution in [0.5, 0.6) is 0 Å². The van der Waals surface area contributed by atoms with E-state index in [1.54, 1.807) is 11.8 Å². The molecule has 2 atom stereocenters. The van der Waals surface area contributed by atoms with Crippen LogP contribution < -0.4 is 11.1 Å². The van der Waals surface area contributed by atoms with Gasteiger partial charge in [0.1, 0.15) is 5.69 Å². The van der Waals surface area contributed by atoms with Crippen LogP contribution in [-0.2, 0) is 0 Å². The van der Waals surface area contributed by atoms with Gasteiger partial charge in [0.25, 0.3) is 11.6 Å². The van der Waals surface area contributed by atoms with Crippen LogP contribution in [0.4, 0.5) is 11.4 Å². The van der Waals surface area contributed by atoms with Crippen LogP contribution in [-0.4, -0.2) is 28.4 Å². The molecule has 114 valence electrons. The average molecular weight is 309 g/mol. The van der Waals surface area contributed by atoms with Crippen LogP contribution in [0.25, 0.3) is 0 Å². The summed E-state index contributed by atoms with van der Waals surface area (Å²) in [7, 11) is 0. The highest BCUT2D eigenvalue weighted by molar-refractivity contribution is 7.99. The summed E-state index contributed by atoms with van der Waals surface area (Å²) >= 11 is 1.77. The van der Waals surface area contributed by atoms with Crippen LogP contribution in [0.15, 0.2) is 18.2 Å². The number of nitrogens with one attached hydrogen (secondary N) is 1. The highest BCUT2D eigenvalue weighted by Gasteiger charge is 2.26. The molecule has 0 bridgehead atoms. The number of carbonyl (C=O) groups is 1. The van der Waals surface area contributed by atoms with Crippen molar-refractivity contribution in [2.24, 2.45) is 0 Å².